The van der Waals surface area contributed by atoms with E-state index in [9.17, 15) is 22.4 Å². The van der Waals surface area contributed by atoms with Crippen molar-refractivity contribution in [1.29, 1.82) is 0 Å². The number of fused-ring (bicyclic) bond motifs is 7. The van der Waals surface area contributed by atoms with Gasteiger partial charge in [-0.05, 0) is 52.5 Å². The minimum Gasteiger partial charge on any atom is -0.493 e. The maximum atomic E-state index is 14.2. The molecule has 220 valence electrons. The van der Waals surface area contributed by atoms with Crippen molar-refractivity contribution >= 4 is 32.7 Å². The Hall–Kier alpha value is -3.61. The third kappa shape index (κ3) is 4.54. The predicted octanol–water partition coefficient (Wildman–Crippen LogP) is 3.29. The largest absolute Gasteiger partial charge is 0.493 e. The molecule has 11 nitrogen and oxygen atoms in total. The fourth-order valence-corrected chi connectivity index (χ4v) is 7.73. The number of ether oxygens (including phenoxy) is 2. The highest BCUT2D eigenvalue weighted by molar-refractivity contribution is 7.92. The third-order valence-corrected chi connectivity index (χ3v) is 9.89. The van der Waals surface area contributed by atoms with Crippen LogP contribution in [0.4, 0.5) is 10.2 Å². The maximum Gasteiger partial charge on any atom is 0.280 e. The number of carbonyl (C=O) groups excluding carboxylic acids is 1. The molecule has 2 aliphatic heterocycles. The fraction of sp³-hybridized carbons (Fsp3) is 0.536. The molecule has 2 bridgehead atoms. The van der Waals surface area contributed by atoms with Gasteiger partial charge in [0.15, 0.2) is 17.3 Å². The Morgan fingerprint density at radius 2 is 1.93 bits per heavy atom. The van der Waals surface area contributed by atoms with Gasteiger partial charge in [0, 0.05) is 36.3 Å². The summed E-state index contributed by atoms with van der Waals surface area (Å²) in [6.45, 7) is 6.25. The van der Waals surface area contributed by atoms with Crippen LogP contribution in [0.1, 0.15) is 68.5 Å². The molecule has 1 fully saturated rings. The summed E-state index contributed by atoms with van der Waals surface area (Å²) in [6, 6.07) is 3.39. The van der Waals surface area contributed by atoms with Crippen molar-refractivity contribution in [3.8, 4) is 11.5 Å². The van der Waals surface area contributed by atoms with E-state index in [1.807, 2.05) is 20.8 Å². The number of rotatable bonds is 3. The monoisotopic (exact) mass is 587 g/mol. The highest BCUT2D eigenvalue weighted by atomic mass is 32.2. The van der Waals surface area contributed by atoms with Crippen LogP contribution in [0.2, 0.25) is 0 Å². The molecule has 1 saturated carbocycles. The van der Waals surface area contributed by atoms with Crippen LogP contribution in [0.3, 0.4) is 0 Å². The highest BCUT2D eigenvalue weighted by Gasteiger charge is 2.44. The van der Waals surface area contributed by atoms with Gasteiger partial charge < -0.3 is 18.9 Å². The van der Waals surface area contributed by atoms with E-state index in [0.29, 0.717) is 37.8 Å². The quantitative estimate of drug-likeness (QED) is 0.462. The molecule has 3 aromatic rings. The summed E-state index contributed by atoms with van der Waals surface area (Å²) in [6.07, 6.45) is 2.09. The number of hydrogen-bond donors (Lipinski definition) is 0. The van der Waals surface area contributed by atoms with Gasteiger partial charge in [-0.3, -0.25) is 9.59 Å². The van der Waals surface area contributed by atoms with E-state index in [4.69, 9.17) is 14.6 Å². The lowest BCUT2D eigenvalue weighted by molar-refractivity contribution is 0.0615. The number of sulfonamides is 1. The van der Waals surface area contributed by atoms with Crippen molar-refractivity contribution < 1.29 is 27.1 Å². The minimum atomic E-state index is -3.86. The summed E-state index contributed by atoms with van der Waals surface area (Å²) in [5.74, 6) is -0.471. The summed E-state index contributed by atoms with van der Waals surface area (Å²) in [4.78, 5) is 29.7. The molecule has 0 spiro atoms. The molecule has 41 heavy (non-hydrogen) atoms. The van der Waals surface area contributed by atoms with Gasteiger partial charge in [0.05, 0.1) is 26.0 Å². The van der Waals surface area contributed by atoms with Gasteiger partial charge in [0.25, 0.3) is 11.5 Å². The molecule has 4 heterocycles. The van der Waals surface area contributed by atoms with Gasteiger partial charge in [-0.2, -0.15) is 0 Å². The highest BCUT2D eigenvalue weighted by Crippen LogP contribution is 2.44. The Morgan fingerprint density at radius 3 is 2.61 bits per heavy atom. The molecule has 1 aromatic carbocycles. The van der Waals surface area contributed by atoms with Gasteiger partial charge in [0.1, 0.15) is 22.5 Å². The SMILES string of the molecule is COc1c2n(c3c4nn(c(=O)c13)Cc1ccc(F)cc1OCCCCS(=O)(=O)N4C1CC1)[C@@H](C)CN(C(C)C)C2=O. The first-order valence-electron chi connectivity index (χ1n) is 14.0. The lowest BCUT2D eigenvalue weighted by Crippen LogP contribution is -2.46. The summed E-state index contributed by atoms with van der Waals surface area (Å²) in [5.41, 5.74) is 0.456. The Bertz CT molecular complexity index is 1710. The van der Waals surface area contributed by atoms with Crippen LogP contribution in [-0.2, 0) is 16.6 Å². The molecule has 0 radical (unpaired) electrons. The van der Waals surface area contributed by atoms with Crippen LogP contribution in [0, 0.1) is 5.82 Å². The summed E-state index contributed by atoms with van der Waals surface area (Å²) in [5, 5.41) is 4.79. The van der Waals surface area contributed by atoms with E-state index in [0.717, 1.165) is 0 Å². The Balaban J connectivity index is 1.70. The van der Waals surface area contributed by atoms with Crippen molar-refractivity contribution in [2.45, 2.75) is 71.1 Å². The number of nitrogens with zero attached hydrogens (tertiary/aromatic N) is 5. The van der Waals surface area contributed by atoms with E-state index in [-0.39, 0.29) is 76.9 Å². The third-order valence-electron chi connectivity index (χ3n) is 8.02. The molecule has 13 heteroatoms. The zero-order valence-electron chi connectivity index (χ0n) is 23.6. The van der Waals surface area contributed by atoms with Crippen LogP contribution in [0.25, 0.3) is 10.9 Å². The maximum absolute atomic E-state index is 14.2. The van der Waals surface area contributed by atoms with Crippen molar-refractivity contribution in [2.75, 3.05) is 30.3 Å². The average Bonchev–Trinajstić information content (AvgIpc) is 3.67. The number of benzene rings is 1. The van der Waals surface area contributed by atoms with Crippen LogP contribution >= 0.6 is 0 Å². The smallest absolute Gasteiger partial charge is 0.280 e. The van der Waals surface area contributed by atoms with Crippen LogP contribution in [-0.4, -0.2) is 71.7 Å². The molecule has 0 unspecified atom stereocenters. The molecule has 6 rings (SSSR count). The average molecular weight is 588 g/mol. The first-order chi connectivity index (χ1) is 19.5. The first-order valence-corrected chi connectivity index (χ1v) is 15.6. The molecule has 2 aromatic heterocycles. The van der Waals surface area contributed by atoms with Crippen molar-refractivity contribution in [3.63, 3.8) is 0 Å². The number of halogens is 1. The number of hydrogen-bond acceptors (Lipinski definition) is 7. The predicted molar refractivity (Wildman–Crippen MR) is 151 cm³/mol. The topological polar surface area (TPSA) is 116 Å². The number of aromatic nitrogens is 3. The van der Waals surface area contributed by atoms with Gasteiger partial charge in [-0.25, -0.2) is 21.8 Å². The second-order valence-electron chi connectivity index (χ2n) is 11.3. The molecule has 1 amide bonds. The second kappa shape index (κ2) is 10.0. The van der Waals surface area contributed by atoms with Crippen molar-refractivity contribution in [2.24, 2.45) is 0 Å². The van der Waals surface area contributed by atoms with E-state index in [1.165, 1.54) is 34.3 Å². The standard InChI is InChI=1S/C28H34FN5O6S/c1-16(2)31-14-17(3)33-23-22(25(39-4)24(33)28(31)36)27(35)32-15-18-7-8-19(29)13-21(18)40-11-5-6-12-41(37,38)34(20-9-10-20)26(23)30-32/h7-8,13,16-17,20H,5-6,9-12,14-15H2,1-4H3/t17-/m0/s1. The molecule has 3 aliphatic rings. The number of methoxy groups -OCH3 is 1. The summed E-state index contributed by atoms with van der Waals surface area (Å²) in [7, 11) is -2.47. The van der Waals surface area contributed by atoms with Crippen LogP contribution in [0.5, 0.6) is 11.5 Å². The van der Waals surface area contributed by atoms with E-state index in [1.54, 1.807) is 9.47 Å². The van der Waals surface area contributed by atoms with Crippen LogP contribution < -0.4 is 19.3 Å². The molecule has 0 saturated heterocycles. The lowest BCUT2D eigenvalue weighted by Gasteiger charge is -2.36. The van der Waals surface area contributed by atoms with Gasteiger partial charge in [-0.15, -0.1) is 5.10 Å². The fourth-order valence-electron chi connectivity index (χ4n) is 5.91. The van der Waals surface area contributed by atoms with Crippen molar-refractivity contribution in [3.05, 3.63) is 45.6 Å². The Labute approximate surface area is 237 Å². The van der Waals surface area contributed by atoms with E-state index in [2.05, 4.69) is 0 Å². The van der Waals surface area contributed by atoms with Gasteiger partial charge in [-0.1, -0.05) is 6.07 Å². The Kier molecular flexibility index (Phi) is 6.74. The summed E-state index contributed by atoms with van der Waals surface area (Å²) >= 11 is 0. The van der Waals surface area contributed by atoms with Gasteiger partial charge >= 0.3 is 0 Å². The Morgan fingerprint density at radius 1 is 1.17 bits per heavy atom. The molecule has 1 aliphatic carbocycles. The zero-order chi connectivity index (χ0) is 29.2. The number of anilines is 1. The molecular weight excluding hydrogens is 553 g/mol. The number of amides is 1. The van der Waals surface area contributed by atoms with Gasteiger partial charge in [0.2, 0.25) is 10.0 Å². The number of carbonyl (C=O) groups is 1. The molecule has 0 N–H and O–H groups in total. The first kappa shape index (κ1) is 27.6. The zero-order valence-corrected chi connectivity index (χ0v) is 24.4. The minimum absolute atomic E-state index is 0.0950. The normalized spacial score (nSPS) is 21.0. The molecular formula is C28H34FN5O6S. The van der Waals surface area contributed by atoms with E-state index < -0.39 is 21.4 Å². The second-order valence-corrected chi connectivity index (χ2v) is 13.3. The molecule has 1 atom stereocenters. The van der Waals surface area contributed by atoms with E-state index >= 15 is 0 Å². The summed E-state index contributed by atoms with van der Waals surface area (Å²) < 4.78 is 57.8. The lowest BCUT2D eigenvalue weighted by atomic mass is 10.1. The van der Waals surface area contributed by atoms with Crippen molar-refractivity contribution in [1.82, 2.24) is 19.2 Å². The van der Waals surface area contributed by atoms with Crippen LogP contribution in [0.15, 0.2) is 23.0 Å².